The quantitative estimate of drug-likeness (QED) is 0.0741. The average Bonchev–Trinajstić information content (AvgIpc) is 3.57. The summed E-state index contributed by atoms with van der Waals surface area (Å²) in [4.78, 5) is 49.5. The number of rotatable bonds is 9. The van der Waals surface area contributed by atoms with Crippen LogP contribution in [0.25, 0.3) is 16.5 Å². The van der Waals surface area contributed by atoms with Gasteiger partial charge in [0.05, 0.1) is 16.6 Å². The number of carbonyl (C=O) groups is 3. The maximum absolute atomic E-state index is 16.0. The highest BCUT2D eigenvalue weighted by molar-refractivity contribution is 6.74. The Labute approximate surface area is 363 Å². The van der Waals surface area contributed by atoms with Gasteiger partial charge in [-0.2, -0.15) is 0 Å². The van der Waals surface area contributed by atoms with E-state index in [0.717, 1.165) is 30.6 Å². The SMILES string of the molecule is CN(C)[C@@H]1c2onc(OCc3ccccc3)c2C(=O)[C@@]2(O[Si](C)(C)C(C)(C)C)C(=O)C3=C(O)c4c(c(Cl)c5ccc(CN6CCC6)cc5c4OC(=O)OC(C)(C)C)C[C@H]3C[C@@H]12. The molecule has 12 nitrogen and oxygen atoms in total. The number of halogens is 1. The van der Waals surface area contributed by atoms with Gasteiger partial charge in [-0.15, -0.1) is 0 Å². The largest absolute Gasteiger partial charge is 0.514 e. The van der Waals surface area contributed by atoms with Crippen LogP contribution in [0.15, 0.2) is 58.6 Å². The molecule has 14 heteroatoms. The Balaban J connectivity index is 1.34. The fraction of sp³-hybridized carbons (Fsp3) is 0.489. The maximum atomic E-state index is 16.0. The first kappa shape index (κ1) is 43.1. The van der Waals surface area contributed by atoms with Crippen molar-refractivity contribution in [3.8, 4) is 11.6 Å². The zero-order chi connectivity index (χ0) is 44.0. The van der Waals surface area contributed by atoms with Crippen molar-refractivity contribution in [1.82, 2.24) is 15.0 Å². The Morgan fingerprint density at radius 2 is 1.70 bits per heavy atom. The zero-order valence-electron chi connectivity index (χ0n) is 36.7. The van der Waals surface area contributed by atoms with Crippen molar-refractivity contribution in [2.75, 3.05) is 27.2 Å². The summed E-state index contributed by atoms with van der Waals surface area (Å²) in [6.07, 6.45) is 0.611. The van der Waals surface area contributed by atoms with Crippen LogP contribution in [-0.2, 0) is 33.5 Å². The molecule has 1 N–H and O–H groups in total. The lowest BCUT2D eigenvalue weighted by molar-refractivity contribution is -0.140. The van der Waals surface area contributed by atoms with E-state index in [1.165, 1.54) is 0 Å². The highest BCUT2D eigenvalue weighted by Gasteiger charge is 2.69. The molecular formula is C47H56ClN3O9Si. The first-order valence-corrected chi connectivity index (χ1v) is 24.4. The molecule has 61 heavy (non-hydrogen) atoms. The van der Waals surface area contributed by atoms with Crippen LogP contribution in [0.5, 0.6) is 11.6 Å². The zero-order valence-corrected chi connectivity index (χ0v) is 38.5. The molecule has 1 aliphatic heterocycles. The van der Waals surface area contributed by atoms with E-state index >= 15 is 9.59 Å². The molecule has 2 fully saturated rings. The molecule has 2 heterocycles. The minimum absolute atomic E-state index is 0.0289. The molecule has 0 spiro atoms. The number of aliphatic hydroxyl groups is 1. The van der Waals surface area contributed by atoms with Gasteiger partial charge >= 0.3 is 6.16 Å². The van der Waals surface area contributed by atoms with Crippen molar-refractivity contribution in [2.24, 2.45) is 11.8 Å². The van der Waals surface area contributed by atoms with Gasteiger partial charge in [0, 0.05) is 28.8 Å². The number of aliphatic hydroxyl groups excluding tert-OH is 1. The highest BCUT2D eigenvalue weighted by Crippen LogP contribution is 2.60. The van der Waals surface area contributed by atoms with Gasteiger partial charge in [0.1, 0.15) is 23.5 Å². The second-order valence-corrected chi connectivity index (χ2v) is 24.8. The molecule has 4 atom stereocenters. The van der Waals surface area contributed by atoms with E-state index in [9.17, 15) is 9.90 Å². The predicted octanol–water partition coefficient (Wildman–Crippen LogP) is 9.87. The van der Waals surface area contributed by atoms with Crippen LogP contribution in [0.2, 0.25) is 23.2 Å². The van der Waals surface area contributed by atoms with Crippen molar-refractivity contribution >= 4 is 54.2 Å². The molecule has 1 saturated heterocycles. The van der Waals surface area contributed by atoms with Crippen LogP contribution >= 0.6 is 11.6 Å². The minimum atomic E-state index is -2.98. The summed E-state index contributed by atoms with van der Waals surface area (Å²) in [7, 11) is 0.761. The third-order valence-electron chi connectivity index (χ3n) is 13.2. The molecule has 0 radical (unpaired) electrons. The molecule has 1 aromatic heterocycles. The Hall–Kier alpha value is -4.53. The fourth-order valence-corrected chi connectivity index (χ4v) is 10.9. The summed E-state index contributed by atoms with van der Waals surface area (Å²) >= 11 is 7.33. The number of ether oxygens (including phenoxy) is 3. The summed E-state index contributed by atoms with van der Waals surface area (Å²) in [5.74, 6) is -2.73. The van der Waals surface area contributed by atoms with Gasteiger partial charge in [0.15, 0.2) is 25.4 Å². The average molecular weight is 871 g/mol. The van der Waals surface area contributed by atoms with Gasteiger partial charge in [-0.1, -0.05) is 74.8 Å². The highest BCUT2D eigenvalue weighted by atomic mass is 35.5. The van der Waals surface area contributed by atoms with Crippen molar-refractivity contribution < 1.29 is 42.6 Å². The molecule has 3 aromatic carbocycles. The van der Waals surface area contributed by atoms with Crippen LogP contribution in [0, 0.1) is 11.8 Å². The van der Waals surface area contributed by atoms with Crippen LogP contribution in [0.1, 0.15) is 98.8 Å². The number of hydrogen-bond donors (Lipinski definition) is 1. The third-order valence-corrected chi connectivity index (χ3v) is 18.1. The summed E-state index contributed by atoms with van der Waals surface area (Å²) in [6.45, 7) is 18.1. The monoisotopic (exact) mass is 869 g/mol. The van der Waals surface area contributed by atoms with E-state index in [1.807, 2.05) is 101 Å². The van der Waals surface area contributed by atoms with Gasteiger partial charge in [-0.05, 0) is 119 Å². The summed E-state index contributed by atoms with van der Waals surface area (Å²) in [5, 5.41) is 18.1. The van der Waals surface area contributed by atoms with Gasteiger partial charge in [0.25, 0.3) is 5.88 Å². The molecule has 0 unspecified atom stereocenters. The third kappa shape index (κ3) is 7.39. The van der Waals surface area contributed by atoms with E-state index < -0.39 is 65.9 Å². The van der Waals surface area contributed by atoms with Gasteiger partial charge < -0.3 is 28.3 Å². The first-order valence-electron chi connectivity index (χ1n) is 21.1. The molecular weight excluding hydrogens is 814 g/mol. The van der Waals surface area contributed by atoms with Gasteiger partial charge in [-0.3, -0.25) is 19.4 Å². The van der Waals surface area contributed by atoms with Crippen LogP contribution in [0.4, 0.5) is 4.79 Å². The normalized spacial score (nSPS) is 23.0. The van der Waals surface area contributed by atoms with Gasteiger partial charge in [-0.25, -0.2) is 4.79 Å². The molecule has 324 valence electrons. The van der Waals surface area contributed by atoms with E-state index in [1.54, 1.807) is 20.8 Å². The van der Waals surface area contributed by atoms with Crippen molar-refractivity contribution in [1.29, 1.82) is 0 Å². The van der Waals surface area contributed by atoms with Crippen LogP contribution in [0.3, 0.4) is 0 Å². The number of benzene rings is 3. The fourth-order valence-electron chi connectivity index (χ4n) is 9.16. The summed E-state index contributed by atoms with van der Waals surface area (Å²) in [6, 6.07) is 14.7. The van der Waals surface area contributed by atoms with Crippen molar-refractivity contribution in [3.63, 3.8) is 0 Å². The standard InChI is InChI=1S/C47H56ClN3O9Si/c1-45(2,3)58-44(55)57-39-30-21-27(24-51-19-14-20-51)17-18-29(30)36(48)31-22-28-23-32-37(50(7)8)40-35(43(49-59-40)56-25-26-15-12-11-13-16-26)42(54)47(32,60-61(9,10)46(4,5)6)41(53)33(28)38(52)34(31)39/h11-13,15-18,21,28,32,37,52H,14,19-20,22-25H2,1-10H3/t28-,32-,37-,47-/m0/s1. The lowest BCUT2D eigenvalue weighted by Gasteiger charge is -2.55. The van der Waals surface area contributed by atoms with E-state index in [2.05, 4.69) is 10.1 Å². The van der Waals surface area contributed by atoms with Crippen molar-refractivity contribution in [2.45, 2.75) is 109 Å². The van der Waals surface area contributed by atoms with Crippen LogP contribution < -0.4 is 9.47 Å². The Bertz CT molecular complexity index is 2460. The number of aromatic nitrogens is 1. The molecule has 4 aromatic rings. The Kier molecular flexibility index (Phi) is 10.9. The molecule has 8 rings (SSSR count). The summed E-state index contributed by atoms with van der Waals surface area (Å²) < 4.78 is 31.3. The number of fused-ring (bicyclic) bond motifs is 5. The van der Waals surface area contributed by atoms with Crippen molar-refractivity contribution in [3.05, 3.63) is 92.7 Å². The number of likely N-dealkylation sites (tertiary alicyclic amines) is 1. The van der Waals surface area contributed by atoms with E-state index in [-0.39, 0.29) is 47.8 Å². The predicted molar refractivity (Wildman–Crippen MR) is 235 cm³/mol. The molecule has 1 saturated carbocycles. The number of nitrogens with zero attached hydrogens (tertiary/aromatic N) is 3. The first-order chi connectivity index (χ1) is 28.6. The lowest BCUT2D eigenvalue weighted by atomic mass is 9.57. The lowest BCUT2D eigenvalue weighted by Crippen LogP contribution is -2.68. The topological polar surface area (TPSA) is 141 Å². The van der Waals surface area contributed by atoms with E-state index in [4.69, 9.17) is 34.8 Å². The number of ketones is 2. The molecule has 0 amide bonds. The molecule has 0 bridgehead atoms. The smallest absolute Gasteiger partial charge is 0.507 e. The molecule has 4 aliphatic rings. The maximum Gasteiger partial charge on any atom is 0.514 e. The minimum Gasteiger partial charge on any atom is -0.507 e. The number of Topliss-reactive ketones (excluding diaryl/α,β-unsaturated/α-hetero) is 2. The number of hydrogen-bond acceptors (Lipinski definition) is 12. The molecule has 3 aliphatic carbocycles. The second kappa shape index (κ2) is 15.4. The van der Waals surface area contributed by atoms with Crippen LogP contribution in [-0.4, -0.2) is 84.5 Å². The van der Waals surface area contributed by atoms with E-state index in [0.29, 0.717) is 33.7 Å². The van der Waals surface area contributed by atoms with Gasteiger partial charge in [0.2, 0.25) is 11.6 Å². The number of carbonyl (C=O) groups excluding carboxylic acids is 3. The second-order valence-electron chi connectivity index (χ2n) is 19.7. The Morgan fingerprint density at radius 3 is 2.33 bits per heavy atom. The Morgan fingerprint density at radius 1 is 1.00 bits per heavy atom. The summed E-state index contributed by atoms with van der Waals surface area (Å²) in [5.41, 5.74) is -0.441.